The number of rotatable bonds is 3. The summed E-state index contributed by atoms with van der Waals surface area (Å²) in [5.41, 5.74) is -1.93. The topological polar surface area (TPSA) is 64.0 Å². The van der Waals surface area contributed by atoms with Crippen LogP contribution in [-0.4, -0.2) is 33.2 Å². The van der Waals surface area contributed by atoms with E-state index >= 15 is 0 Å². The molecule has 1 saturated heterocycles. The third kappa shape index (κ3) is 4.35. The number of aromatic nitrogens is 2. The first-order valence-corrected chi connectivity index (χ1v) is 9.59. The number of nitrogens with one attached hydrogen (secondary N) is 1. The van der Waals surface area contributed by atoms with E-state index in [9.17, 15) is 22.8 Å². The summed E-state index contributed by atoms with van der Waals surface area (Å²) in [6.45, 7) is 1.47. The molecule has 0 spiro atoms. The molecular weight excluding hydrogens is 379 g/mol. The number of hydrogen-bond donors (Lipinski definition) is 1. The summed E-state index contributed by atoms with van der Waals surface area (Å²) in [6, 6.07) is 5.99. The molecule has 9 heteroatoms. The normalized spacial score (nSPS) is 15.6. The van der Waals surface area contributed by atoms with E-state index in [0.29, 0.717) is 0 Å². The maximum absolute atomic E-state index is 13.3. The van der Waals surface area contributed by atoms with Crippen molar-refractivity contribution in [3.8, 4) is 5.69 Å². The summed E-state index contributed by atoms with van der Waals surface area (Å²) in [5, 5.41) is 6.74. The van der Waals surface area contributed by atoms with Gasteiger partial charge in [-0.15, -0.1) is 0 Å². The number of benzene rings is 1. The first-order chi connectivity index (χ1) is 12.8. The number of hydrogen-bond acceptors (Lipinski definition) is 4. The fourth-order valence-corrected chi connectivity index (χ4v) is 4.05. The van der Waals surface area contributed by atoms with Crippen molar-refractivity contribution in [3.63, 3.8) is 0 Å². The van der Waals surface area contributed by atoms with Crippen LogP contribution in [0.15, 0.2) is 35.1 Å². The lowest BCUT2D eigenvalue weighted by molar-refractivity contribution is -0.137. The number of amides is 1. The molecule has 2 aromatic rings. The Bertz CT molecular complexity index is 905. The monoisotopic (exact) mass is 397 g/mol. The lowest BCUT2D eigenvalue weighted by Gasteiger charge is -2.22. The van der Waals surface area contributed by atoms with E-state index in [4.69, 9.17) is 0 Å². The van der Waals surface area contributed by atoms with E-state index < -0.39 is 28.8 Å². The average Bonchev–Trinajstić information content (AvgIpc) is 2.62. The summed E-state index contributed by atoms with van der Waals surface area (Å²) in [6.07, 6.45) is -3.02. The molecule has 0 radical (unpaired) electrons. The van der Waals surface area contributed by atoms with Crippen LogP contribution >= 0.6 is 11.8 Å². The van der Waals surface area contributed by atoms with Crippen molar-refractivity contribution in [2.24, 2.45) is 0 Å². The smallest absolute Gasteiger partial charge is 0.348 e. The number of carbonyl (C=O) groups excluding carboxylic acids is 1. The Labute approximate surface area is 158 Å². The number of thioether (sulfide) groups is 1. The highest BCUT2D eigenvalue weighted by Crippen LogP contribution is 2.33. The summed E-state index contributed by atoms with van der Waals surface area (Å²) < 4.78 is 41.0. The van der Waals surface area contributed by atoms with Crippen LogP contribution in [0.1, 0.15) is 34.6 Å². The van der Waals surface area contributed by atoms with Crippen molar-refractivity contribution in [1.29, 1.82) is 0 Å². The van der Waals surface area contributed by atoms with Crippen LogP contribution < -0.4 is 10.7 Å². The molecule has 0 atom stereocenters. The predicted octanol–water partition coefficient (Wildman–Crippen LogP) is 3.19. The quantitative estimate of drug-likeness (QED) is 0.864. The first kappa shape index (κ1) is 19.5. The summed E-state index contributed by atoms with van der Waals surface area (Å²) in [4.78, 5) is 24.7. The largest absolute Gasteiger partial charge is 0.418 e. The van der Waals surface area contributed by atoms with E-state index in [-0.39, 0.29) is 17.4 Å². The molecule has 5 nitrogen and oxygen atoms in total. The van der Waals surface area contributed by atoms with Crippen LogP contribution in [0.3, 0.4) is 0 Å². The van der Waals surface area contributed by atoms with Gasteiger partial charge < -0.3 is 5.32 Å². The molecule has 1 aliphatic heterocycles. The third-order valence-corrected chi connectivity index (χ3v) is 5.37. The average molecular weight is 397 g/mol. The molecule has 1 aromatic carbocycles. The number of alkyl halides is 3. The van der Waals surface area contributed by atoms with Crippen molar-refractivity contribution < 1.29 is 18.0 Å². The molecule has 2 heterocycles. The van der Waals surface area contributed by atoms with Crippen molar-refractivity contribution in [2.75, 3.05) is 11.5 Å². The van der Waals surface area contributed by atoms with Crippen molar-refractivity contribution in [1.82, 2.24) is 15.1 Å². The van der Waals surface area contributed by atoms with Gasteiger partial charge in [-0.05, 0) is 43.4 Å². The van der Waals surface area contributed by atoms with Crippen molar-refractivity contribution >= 4 is 17.7 Å². The molecule has 1 aromatic heterocycles. The zero-order valence-corrected chi connectivity index (χ0v) is 15.4. The minimum atomic E-state index is -4.59. The maximum atomic E-state index is 13.3. The van der Waals surface area contributed by atoms with Crippen LogP contribution in [0.5, 0.6) is 0 Å². The SMILES string of the molecule is Cc1cc(=O)c(C(=O)NC2CCSCC2)nn1-c1ccccc1C(F)(F)F. The van der Waals surface area contributed by atoms with Gasteiger partial charge in [0.2, 0.25) is 5.43 Å². The fourth-order valence-electron chi connectivity index (χ4n) is 2.94. The van der Waals surface area contributed by atoms with Gasteiger partial charge in [0.1, 0.15) is 0 Å². The van der Waals surface area contributed by atoms with Gasteiger partial charge in [0.15, 0.2) is 5.69 Å². The number of aryl methyl sites for hydroxylation is 1. The van der Waals surface area contributed by atoms with Crippen molar-refractivity contribution in [3.05, 3.63) is 57.5 Å². The number of para-hydroxylation sites is 1. The highest BCUT2D eigenvalue weighted by Gasteiger charge is 2.34. The van der Waals surface area contributed by atoms with Gasteiger partial charge in [-0.2, -0.15) is 30.0 Å². The number of halogens is 3. The molecule has 1 fully saturated rings. The Morgan fingerprint density at radius 3 is 2.59 bits per heavy atom. The molecule has 0 bridgehead atoms. The molecule has 144 valence electrons. The Balaban J connectivity index is 2.00. The van der Waals surface area contributed by atoms with Gasteiger partial charge in [-0.25, -0.2) is 4.68 Å². The highest BCUT2D eigenvalue weighted by atomic mass is 32.2. The second-order valence-electron chi connectivity index (χ2n) is 6.29. The lowest BCUT2D eigenvalue weighted by atomic mass is 10.1. The molecule has 1 amide bonds. The Kier molecular flexibility index (Phi) is 5.59. The molecule has 1 aliphatic rings. The first-order valence-electron chi connectivity index (χ1n) is 8.43. The molecule has 3 rings (SSSR count). The predicted molar refractivity (Wildman–Crippen MR) is 97.4 cm³/mol. The molecule has 1 N–H and O–H groups in total. The van der Waals surface area contributed by atoms with Gasteiger partial charge in [-0.3, -0.25) is 9.59 Å². The lowest BCUT2D eigenvalue weighted by Crippen LogP contribution is -2.40. The van der Waals surface area contributed by atoms with Gasteiger partial charge in [0.25, 0.3) is 5.91 Å². The molecule has 27 heavy (non-hydrogen) atoms. The van der Waals surface area contributed by atoms with E-state index in [2.05, 4.69) is 10.4 Å². The summed E-state index contributed by atoms with van der Waals surface area (Å²) >= 11 is 1.79. The van der Waals surface area contributed by atoms with Gasteiger partial charge in [0.05, 0.1) is 11.3 Å². The second-order valence-corrected chi connectivity index (χ2v) is 7.51. The fraction of sp³-hybridized carbons (Fsp3) is 0.389. The van der Waals surface area contributed by atoms with E-state index in [1.807, 2.05) is 0 Å². The van der Waals surface area contributed by atoms with E-state index in [0.717, 1.165) is 41.2 Å². The van der Waals surface area contributed by atoms with Gasteiger partial charge in [0, 0.05) is 17.8 Å². The zero-order valence-electron chi connectivity index (χ0n) is 14.5. The Morgan fingerprint density at radius 2 is 1.93 bits per heavy atom. The van der Waals surface area contributed by atoms with Gasteiger partial charge >= 0.3 is 6.18 Å². The number of nitrogens with zero attached hydrogens (tertiary/aromatic N) is 2. The minimum absolute atomic E-state index is 0.0582. The third-order valence-electron chi connectivity index (χ3n) is 4.32. The maximum Gasteiger partial charge on any atom is 0.418 e. The summed E-state index contributed by atoms with van der Waals surface area (Å²) in [7, 11) is 0. The molecule has 0 aliphatic carbocycles. The summed E-state index contributed by atoms with van der Waals surface area (Å²) in [5.74, 6) is 1.17. The van der Waals surface area contributed by atoms with Crippen LogP contribution in [0.2, 0.25) is 0 Å². The van der Waals surface area contributed by atoms with E-state index in [1.165, 1.54) is 25.1 Å². The van der Waals surface area contributed by atoms with Crippen molar-refractivity contribution in [2.45, 2.75) is 32.0 Å². The van der Waals surface area contributed by atoms with Crippen LogP contribution in [0.4, 0.5) is 13.2 Å². The molecule has 0 unspecified atom stereocenters. The standard InChI is InChI=1S/C18H18F3N3O2S/c1-11-10-15(25)16(17(26)22-12-6-8-27-9-7-12)23-24(11)14-5-3-2-4-13(14)18(19,20)21/h2-5,10,12H,6-9H2,1H3,(H,22,26). The van der Waals surface area contributed by atoms with Crippen LogP contribution in [-0.2, 0) is 6.18 Å². The highest BCUT2D eigenvalue weighted by molar-refractivity contribution is 7.99. The molecule has 0 saturated carbocycles. The second kappa shape index (κ2) is 7.75. The minimum Gasteiger partial charge on any atom is -0.348 e. The number of carbonyl (C=O) groups is 1. The van der Waals surface area contributed by atoms with Crippen LogP contribution in [0.25, 0.3) is 5.69 Å². The van der Waals surface area contributed by atoms with Crippen LogP contribution in [0, 0.1) is 6.92 Å². The van der Waals surface area contributed by atoms with Gasteiger partial charge in [-0.1, -0.05) is 12.1 Å². The Hall–Kier alpha value is -2.29. The van der Waals surface area contributed by atoms with E-state index in [1.54, 1.807) is 11.8 Å². The Morgan fingerprint density at radius 1 is 1.26 bits per heavy atom. The zero-order chi connectivity index (χ0) is 19.6. The molecular formula is C18H18F3N3O2S.